The molecule has 1 aliphatic rings. The molecule has 1 atom stereocenters. The molecule has 0 bridgehead atoms. The van der Waals surface area contributed by atoms with Crippen LogP contribution in [0.3, 0.4) is 0 Å². The molecule has 1 fully saturated rings. The molecule has 1 aliphatic heterocycles. The van der Waals surface area contributed by atoms with E-state index in [4.69, 9.17) is 0 Å². The van der Waals surface area contributed by atoms with Crippen molar-refractivity contribution < 1.29 is 14.5 Å². The fourth-order valence-corrected chi connectivity index (χ4v) is 2.88. The predicted octanol–water partition coefficient (Wildman–Crippen LogP) is 3.43. The fraction of sp³-hybridized carbons (Fsp3) is 0.286. The highest BCUT2D eigenvalue weighted by atomic mass is 32.2. The van der Waals surface area contributed by atoms with E-state index in [9.17, 15) is 19.7 Å². The van der Waals surface area contributed by atoms with E-state index in [2.05, 4.69) is 0 Å². The van der Waals surface area contributed by atoms with Crippen LogP contribution in [0.5, 0.6) is 0 Å². The Labute approximate surface area is 126 Å². The molecular formula is C14H14N2O4S. The molecule has 110 valence electrons. The van der Waals surface area contributed by atoms with Gasteiger partial charge in [0, 0.05) is 12.1 Å². The van der Waals surface area contributed by atoms with E-state index < -0.39 is 10.8 Å². The van der Waals surface area contributed by atoms with Gasteiger partial charge in [0.05, 0.1) is 15.4 Å². The van der Waals surface area contributed by atoms with E-state index in [1.54, 1.807) is 25.1 Å². The van der Waals surface area contributed by atoms with Crippen LogP contribution in [0, 0.1) is 10.1 Å². The molecule has 0 aliphatic carbocycles. The normalized spacial score (nSPS) is 18.4. The molecule has 21 heavy (non-hydrogen) atoms. The van der Waals surface area contributed by atoms with Gasteiger partial charge in [0.1, 0.15) is 0 Å². The van der Waals surface area contributed by atoms with E-state index >= 15 is 0 Å². The number of nitro groups is 1. The molecule has 7 heteroatoms. The molecule has 0 N–H and O–H groups in total. The number of para-hydroxylation sites is 1. The molecule has 6 nitrogen and oxygen atoms in total. The lowest BCUT2D eigenvalue weighted by molar-refractivity contribution is -0.385. The maximum absolute atomic E-state index is 12.2. The zero-order valence-electron chi connectivity index (χ0n) is 11.6. The number of hydrogen-bond acceptors (Lipinski definition) is 5. The Balaban J connectivity index is 2.38. The van der Waals surface area contributed by atoms with Gasteiger partial charge in [-0.15, -0.1) is 0 Å². The summed E-state index contributed by atoms with van der Waals surface area (Å²) in [5.41, 5.74) is 0.227. The van der Waals surface area contributed by atoms with Gasteiger partial charge < -0.3 is 0 Å². The third-order valence-electron chi connectivity index (χ3n) is 3.28. The second-order valence-corrected chi connectivity index (χ2v) is 5.62. The number of amides is 2. The van der Waals surface area contributed by atoms with Crippen LogP contribution < -0.4 is 0 Å². The van der Waals surface area contributed by atoms with Gasteiger partial charge in [-0.05, 0) is 37.2 Å². The van der Waals surface area contributed by atoms with Crippen molar-refractivity contribution in [1.82, 2.24) is 4.90 Å². The summed E-state index contributed by atoms with van der Waals surface area (Å²) in [4.78, 5) is 36.0. The van der Waals surface area contributed by atoms with Crippen LogP contribution in [0.4, 0.5) is 10.5 Å². The van der Waals surface area contributed by atoms with Crippen LogP contribution in [0.25, 0.3) is 6.08 Å². The predicted molar refractivity (Wildman–Crippen MR) is 80.7 cm³/mol. The van der Waals surface area contributed by atoms with Crippen LogP contribution in [0.15, 0.2) is 29.2 Å². The van der Waals surface area contributed by atoms with Crippen molar-refractivity contribution in [3.05, 3.63) is 44.8 Å². The fourth-order valence-electron chi connectivity index (χ4n) is 1.96. The average Bonchev–Trinajstić information content (AvgIpc) is 2.73. The lowest BCUT2D eigenvalue weighted by Gasteiger charge is -2.19. The average molecular weight is 306 g/mol. The van der Waals surface area contributed by atoms with Crippen LogP contribution in [0.2, 0.25) is 0 Å². The first-order chi connectivity index (χ1) is 9.95. The van der Waals surface area contributed by atoms with Crippen molar-refractivity contribution in [3.63, 3.8) is 0 Å². The van der Waals surface area contributed by atoms with Crippen molar-refractivity contribution in [1.29, 1.82) is 0 Å². The summed E-state index contributed by atoms with van der Waals surface area (Å²) in [7, 11) is 0. The quantitative estimate of drug-likeness (QED) is 0.483. The minimum atomic E-state index is -0.509. The van der Waals surface area contributed by atoms with Crippen molar-refractivity contribution in [2.45, 2.75) is 26.3 Å². The first kappa shape index (κ1) is 15.2. The number of thioether (sulfide) groups is 1. The summed E-state index contributed by atoms with van der Waals surface area (Å²) >= 11 is 0.817. The minimum absolute atomic E-state index is 0.0900. The Morgan fingerprint density at radius 3 is 2.67 bits per heavy atom. The largest absolute Gasteiger partial charge is 0.293 e. The van der Waals surface area contributed by atoms with Gasteiger partial charge in [-0.2, -0.15) is 0 Å². The van der Waals surface area contributed by atoms with Gasteiger partial charge in [-0.25, -0.2) is 0 Å². The summed E-state index contributed by atoms with van der Waals surface area (Å²) in [5.74, 6) is -0.391. The molecule has 0 aromatic heterocycles. The van der Waals surface area contributed by atoms with Gasteiger partial charge in [-0.3, -0.25) is 24.6 Å². The summed E-state index contributed by atoms with van der Waals surface area (Å²) in [6.45, 7) is 3.68. The Kier molecular flexibility index (Phi) is 4.42. The zero-order chi connectivity index (χ0) is 15.6. The van der Waals surface area contributed by atoms with Crippen molar-refractivity contribution in [2.24, 2.45) is 0 Å². The summed E-state index contributed by atoms with van der Waals surface area (Å²) in [6.07, 6.45) is 2.07. The second kappa shape index (κ2) is 6.09. The maximum atomic E-state index is 12.2. The molecule has 0 spiro atoms. The Morgan fingerprint density at radius 1 is 1.38 bits per heavy atom. The number of carbonyl (C=O) groups excluding carboxylic acids is 2. The van der Waals surface area contributed by atoms with Crippen molar-refractivity contribution in [2.75, 3.05) is 0 Å². The summed E-state index contributed by atoms with van der Waals surface area (Å²) in [6, 6.07) is 5.94. The smallest absolute Gasteiger partial charge is 0.268 e. The topological polar surface area (TPSA) is 80.5 Å². The van der Waals surface area contributed by atoms with Crippen LogP contribution in [-0.2, 0) is 4.79 Å². The molecule has 1 heterocycles. The molecule has 1 saturated heterocycles. The zero-order valence-corrected chi connectivity index (χ0v) is 12.4. The number of benzene rings is 1. The van der Waals surface area contributed by atoms with Crippen LogP contribution in [-0.4, -0.2) is 27.0 Å². The Bertz CT molecular complexity index is 642. The standard InChI is InChI=1S/C14H14N2O4S/c1-3-9(2)15-13(17)12(21-14(15)18)8-10-6-4-5-7-11(10)16(19)20/h4-9H,3H2,1-2H3/b12-8+/t9-/m0/s1. The molecule has 2 amide bonds. The van der Waals surface area contributed by atoms with E-state index in [1.165, 1.54) is 17.0 Å². The molecule has 0 unspecified atom stereocenters. The number of rotatable bonds is 4. The van der Waals surface area contributed by atoms with E-state index in [0.717, 1.165) is 11.8 Å². The van der Waals surface area contributed by atoms with Gasteiger partial charge in [-0.1, -0.05) is 19.1 Å². The SMILES string of the molecule is CC[C@H](C)N1C(=O)S/C(=C/c2ccccc2[N+](=O)[O-])C1=O. The van der Waals surface area contributed by atoms with Crippen molar-refractivity contribution in [3.8, 4) is 0 Å². The monoisotopic (exact) mass is 306 g/mol. The molecular weight excluding hydrogens is 292 g/mol. The van der Waals surface area contributed by atoms with Gasteiger partial charge in [0.15, 0.2) is 0 Å². The molecule has 0 saturated carbocycles. The molecule has 2 rings (SSSR count). The summed E-state index contributed by atoms with van der Waals surface area (Å²) < 4.78 is 0. The highest BCUT2D eigenvalue weighted by molar-refractivity contribution is 8.18. The lowest BCUT2D eigenvalue weighted by Crippen LogP contribution is -2.36. The van der Waals surface area contributed by atoms with E-state index in [0.29, 0.717) is 12.0 Å². The molecule has 1 aromatic carbocycles. The third kappa shape index (κ3) is 2.97. The van der Waals surface area contributed by atoms with Crippen LogP contribution in [0.1, 0.15) is 25.8 Å². The maximum Gasteiger partial charge on any atom is 0.293 e. The highest BCUT2D eigenvalue weighted by Gasteiger charge is 2.37. The van der Waals surface area contributed by atoms with Gasteiger partial charge in [0.2, 0.25) is 0 Å². The van der Waals surface area contributed by atoms with Crippen LogP contribution >= 0.6 is 11.8 Å². The first-order valence-corrected chi connectivity index (χ1v) is 7.27. The number of imide groups is 1. The lowest BCUT2D eigenvalue weighted by atomic mass is 10.1. The van der Waals surface area contributed by atoms with Gasteiger partial charge in [0.25, 0.3) is 16.8 Å². The van der Waals surface area contributed by atoms with E-state index in [-0.39, 0.29) is 21.9 Å². The van der Waals surface area contributed by atoms with E-state index in [1.807, 2.05) is 6.92 Å². The number of hydrogen-bond donors (Lipinski definition) is 0. The Morgan fingerprint density at radius 2 is 2.05 bits per heavy atom. The first-order valence-electron chi connectivity index (χ1n) is 6.46. The number of nitrogens with zero attached hydrogens (tertiary/aromatic N) is 2. The minimum Gasteiger partial charge on any atom is -0.268 e. The molecule has 0 radical (unpaired) electrons. The highest BCUT2D eigenvalue weighted by Crippen LogP contribution is 2.35. The second-order valence-electron chi connectivity index (χ2n) is 4.62. The number of carbonyl (C=O) groups is 2. The Hall–Kier alpha value is -2.15. The van der Waals surface area contributed by atoms with Crippen molar-refractivity contribution >= 4 is 34.7 Å². The third-order valence-corrected chi connectivity index (χ3v) is 4.16. The summed E-state index contributed by atoms with van der Waals surface area (Å²) in [5, 5.41) is 10.6. The number of nitro benzene ring substituents is 1. The molecule has 1 aromatic rings. The van der Waals surface area contributed by atoms with Gasteiger partial charge >= 0.3 is 0 Å².